The van der Waals surface area contributed by atoms with Crippen molar-refractivity contribution in [1.82, 2.24) is 14.7 Å². The second kappa shape index (κ2) is 7.17. The average molecular weight is 382 g/mol. The van der Waals surface area contributed by atoms with Crippen molar-refractivity contribution in [2.75, 3.05) is 18.1 Å². The number of aryl methyl sites for hydroxylation is 1. The number of carbonyl (C=O) groups is 1. The van der Waals surface area contributed by atoms with Gasteiger partial charge in [0.2, 0.25) is 5.91 Å². The number of hydrogen-bond acceptors (Lipinski definition) is 4. The van der Waals surface area contributed by atoms with E-state index >= 15 is 0 Å². The first-order valence-corrected chi connectivity index (χ1v) is 10.3. The largest absolute Gasteiger partial charge is 0.333 e. The maximum absolute atomic E-state index is 12.8. The SMILES string of the molecule is CCn1cc(C2CS(=O)(=O)CCN2C(=O)Cc2cccc(Cl)c2)cn1. The highest BCUT2D eigenvalue weighted by atomic mass is 35.5. The number of halogens is 1. The van der Waals surface area contributed by atoms with E-state index in [0.29, 0.717) is 11.6 Å². The van der Waals surface area contributed by atoms with Gasteiger partial charge in [0.15, 0.2) is 9.84 Å². The molecule has 1 amide bonds. The molecule has 0 bridgehead atoms. The van der Waals surface area contributed by atoms with Gasteiger partial charge in [-0.2, -0.15) is 5.10 Å². The van der Waals surface area contributed by atoms with Crippen LogP contribution >= 0.6 is 11.6 Å². The van der Waals surface area contributed by atoms with Crippen LogP contribution in [0.15, 0.2) is 36.7 Å². The van der Waals surface area contributed by atoms with Crippen molar-refractivity contribution in [2.45, 2.75) is 25.9 Å². The quantitative estimate of drug-likeness (QED) is 0.813. The van der Waals surface area contributed by atoms with Gasteiger partial charge in [-0.1, -0.05) is 23.7 Å². The summed E-state index contributed by atoms with van der Waals surface area (Å²) in [4.78, 5) is 14.5. The molecule has 1 aliphatic heterocycles. The summed E-state index contributed by atoms with van der Waals surface area (Å²) in [5.41, 5.74) is 1.57. The topological polar surface area (TPSA) is 72.3 Å². The Labute approximate surface area is 152 Å². The number of nitrogens with zero attached hydrogens (tertiary/aromatic N) is 3. The first kappa shape index (κ1) is 17.9. The van der Waals surface area contributed by atoms with Gasteiger partial charge >= 0.3 is 0 Å². The Bertz CT molecular complexity index is 879. The molecule has 2 heterocycles. The van der Waals surface area contributed by atoms with Gasteiger partial charge in [-0.15, -0.1) is 0 Å². The summed E-state index contributed by atoms with van der Waals surface area (Å²) in [6.07, 6.45) is 3.65. The lowest BCUT2D eigenvalue weighted by molar-refractivity contribution is -0.132. The van der Waals surface area contributed by atoms with E-state index in [9.17, 15) is 13.2 Å². The highest BCUT2D eigenvalue weighted by Crippen LogP contribution is 2.27. The van der Waals surface area contributed by atoms with E-state index in [1.807, 2.05) is 19.2 Å². The van der Waals surface area contributed by atoms with Gasteiger partial charge in [0.05, 0.1) is 30.2 Å². The first-order chi connectivity index (χ1) is 11.9. The van der Waals surface area contributed by atoms with E-state index in [-0.39, 0.29) is 30.4 Å². The van der Waals surface area contributed by atoms with E-state index in [2.05, 4.69) is 5.10 Å². The lowest BCUT2D eigenvalue weighted by Gasteiger charge is -2.35. The Morgan fingerprint density at radius 2 is 2.20 bits per heavy atom. The van der Waals surface area contributed by atoms with Gasteiger partial charge in [0, 0.05) is 29.9 Å². The van der Waals surface area contributed by atoms with Crippen molar-refractivity contribution in [3.05, 3.63) is 52.8 Å². The molecule has 25 heavy (non-hydrogen) atoms. The standard InChI is InChI=1S/C17H20ClN3O3S/c1-2-20-11-14(10-19-20)16-12-25(23,24)7-6-21(16)17(22)9-13-4-3-5-15(18)8-13/h3-5,8,10-11,16H,2,6-7,9,12H2,1H3. The van der Waals surface area contributed by atoms with Gasteiger partial charge in [-0.05, 0) is 24.6 Å². The number of rotatable bonds is 4. The minimum absolute atomic E-state index is 0.00724. The van der Waals surface area contributed by atoms with Crippen LogP contribution in [0.3, 0.4) is 0 Å². The van der Waals surface area contributed by atoms with Crippen LogP contribution in [0.1, 0.15) is 24.1 Å². The number of hydrogen-bond donors (Lipinski definition) is 0. The van der Waals surface area contributed by atoms with E-state index in [1.54, 1.807) is 34.0 Å². The molecule has 8 heteroatoms. The van der Waals surface area contributed by atoms with E-state index in [4.69, 9.17) is 11.6 Å². The fraction of sp³-hybridized carbons (Fsp3) is 0.412. The number of sulfone groups is 1. The molecule has 0 aliphatic carbocycles. The maximum Gasteiger partial charge on any atom is 0.227 e. The molecule has 1 atom stereocenters. The summed E-state index contributed by atoms with van der Waals surface area (Å²) in [6.45, 7) is 2.84. The lowest BCUT2D eigenvalue weighted by atomic mass is 10.1. The maximum atomic E-state index is 12.8. The molecule has 0 spiro atoms. The molecule has 0 N–H and O–H groups in total. The molecule has 3 rings (SSSR count). The summed E-state index contributed by atoms with van der Waals surface area (Å²) in [7, 11) is -3.18. The van der Waals surface area contributed by atoms with Crippen LogP contribution in [-0.4, -0.2) is 47.1 Å². The van der Waals surface area contributed by atoms with E-state index < -0.39 is 15.9 Å². The van der Waals surface area contributed by atoms with Crippen LogP contribution < -0.4 is 0 Å². The zero-order chi connectivity index (χ0) is 18.0. The molecule has 1 aromatic carbocycles. The molecule has 0 saturated carbocycles. The Morgan fingerprint density at radius 1 is 1.40 bits per heavy atom. The summed E-state index contributed by atoms with van der Waals surface area (Å²) in [5, 5.41) is 4.79. The molecule has 6 nitrogen and oxygen atoms in total. The lowest BCUT2D eigenvalue weighted by Crippen LogP contribution is -2.46. The van der Waals surface area contributed by atoms with Crippen molar-refractivity contribution in [1.29, 1.82) is 0 Å². The third-order valence-electron chi connectivity index (χ3n) is 4.36. The molecule has 1 saturated heterocycles. The molecule has 1 aliphatic rings. The molecule has 1 aromatic heterocycles. The van der Waals surface area contributed by atoms with E-state index in [0.717, 1.165) is 11.1 Å². The predicted octanol–water partition coefficient (Wildman–Crippen LogP) is 2.10. The number of aromatic nitrogens is 2. The fourth-order valence-corrected chi connectivity index (χ4v) is 4.74. The second-order valence-corrected chi connectivity index (χ2v) is 8.82. The van der Waals surface area contributed by atoms with Crippen LogP contribution in [0.25, 0.3) is 0 Å². The zero-order valence-corrected chi connectivity index (χ0v) is 15.5. The highest BCUT2D eigenvalue weighted by molar-refractivity contribution is 7.91. The molecule has 0 radical (unpaired) electrons. The summed E-state index contributed by atoms with van der Waals surface area (Å²) in [6, 6.07) is 6.66. The van der Waals surface area contributed by atoms with E-state index in [1.165, 1.54) is 0 Å². The molecule has 134 valence electrons. The summed E-state index contributed by atoms with van der Waals surface area (Å²) in [5.74, 6) is -0.178. The van der Waals surface area contributed by atoms with Crippen LogP contribution in [0.4, 0.5) is 0 Å². The monoisotopic (exact) mass is 381 g/mol. The van der Waals surface area contributed by atoms with Crippen molar-refractivity contribution in [2.24, 2.45) is 0 Å². The zero-order valence-electron chi connectivity index (χ0n) is 13.9. The summed E-state index contributed by atoms with van der Waals surface area (Å²) >= 11 is 5.98. The predicted molar refractivity (Wildman–Crippen MR) is 96.2 cm³/mol. The Kier molecular flexibility index (Phi) is 5.15. The molecule has 2 aromatic rings. The van der Waals surface area contributed by atoms with Crippen molar-refractivity contribution >= 4 is 27.3 Å². The van der Waals surface area contributed by atoms with Crippen LogP contribution in [-0.2, 0) is 27.6 Å². The third-order valence-corrected chi connectivity index (χ3v) is 6.22. The van der Waals surface area contributed by atoms with Crippen LogP contribution in [0.2, 0.25) is 5.02 Å². The summed E-state index contributed by atoms with van der Waals surface area (Å²) < 4.78 is 25.9. The Balaban J connectivity index is 1.85. The van der Waals surface area contributed by atoms with Gasteiger partial charge in [-0.25, -0.2) is 8.42 Å². The molecular formula is C17H20ClN3O3S. The fourth-order valence-electron chi connectivity index (χ4n) is 3.03. The Morgan fingerprint density at radius 3 is 2.88 bits per heavy atom. The van der Waals surface area contributed by atoms with Crippen molar-refractivity contribution < 1.29 is 13.2 Å². The average Bonchev–Trinajstić information content (AvgIpc) is 3.03. The van der Waals surface area contributed by atoms with Gasteiger partial charge in [0.1, 0.15) is 0 Å². The number of amides is 1. The van der Waals surface area contributed by atoms with Crippen LogP contribution in [0, 0.1) is 0 Å². The molecule has 1 unspecified atom stereocenters. The van der Waals surface area contributed by atoms with Gasteiger partial charge in [0.25, 0.3) is 0 Å². The normalized spacial score (nSPS) is 19.8. The smallest absolute Gasteiger partial charge is 0.227 e. The first-order valence-electron chi connectivity index (χ1n) is 8.14. The molecular weight excluding hydrogens is 362 g/mol. The van der Waals surface area contributed by atoms with Gasteiger partial charge in [-0.3, -0.25) is 9.48 Å². The third kappa shape index (κ3) is 4.22. The minimum Gasteiger partial charge on any atom is -0.333 e. The minimum atomic E-state index is -3.18. The van der Waals surface area contributed by atoms with Crippen molar-refractivity contribution in [3.8, 4) is 0 Å². The van der Waals surface area contributed by atoms with Gasteiger partial charge < -0.3 is 4.90 Å². The number of benzene rings is 1. The Hall–Kier alpha value is -1.86. The highest BCUT2D eigenvalue weighted by Gasteiger charge is 2.35. The van der Waals surface area contributed by atoms with Crippen LogP contribution in [0.5, 0.6) is 0 Å². The number of carbonyl (C=O) groups excluding carboxylic acids is 1. The second-order valence-electron chi connectivity index (χ2n) is 6.15. The van der Waals surface area contributed by atoms with Crippen molar-refractivity contribution in [3.63, 3.8) is 0 Å². The molecule has 1 fully saturated rings.